The van der Waals surface area contributed by atoms with Crippen molar-refractivity contribution >= 4 is 17.7 Å². The van der Waals surface area contributed by atoms with Gasteiger partial charge in [-0.1, -0.05) is 73.0 Å². The molecule has 0 saturated heterocycles. The number of unbranched alkanes of at least 4 members (excludes halogenated alkanes) is 4. The van der Waals surface area contributed by atoms with E-state index in [-0.39, 0.29) is 54.2 Å². The topological polar surface area (TPSA) is 89.9 Å². The van der Waals surface area contributed by atoms with Crippen molar-refractivity contribution in [1.29, 1.82) is 0 Å². The number of ketones is 1. The zero-order valence-electron chi connectivity index (χ0n) is 24.5. The highest BCUT2D eigenvalue weighted by Gasteiger charge is 2.63. The van der Waals surface area contributed by atoms with Crippen LogP contribution >= 0.6 is 0 Å². The lowest BCUT2D eigenvalue weighted by Gasteiger charge is -2.37. The zero-order chi connectivity index (χ0) is 28.3. The molecule has 0 amide bonds. The molecule has 6 heteroatoms. The van der Waals surface area contributed by atoms with Gasteiger partial charge in [0.25, 0.3) is 0 Å². The molecule has 2 fully saturated rings. The van der Waals surface area contributed by atoms with Crippen molar-refractivity contribution in [3.8, 4) is 0 Å². The maximum Gasteiger partial charge on any atom is 0.306 e. The number of fused-ring (bicyclic) bond motifs is 2. The minimum absolute atomic E-state index is 0.0644. The molecule has 0 aliphatic heterocycles. The van der Waals surface area contributed by atoms with Crippen LogP contribution in [-0.4, -0.2) is 40.6 Å². The third-order valence-corrected chi connectivity index (χ3v) is 9.42. The van der Waals surface area contributed by atoms with E-state index in [9.17, 15) is 19.5 Å². The average molecular weight is 531 g/mol. The van der Waals surface area contributed by atoms with E-state index in [2.05, 4.69) is 34.3 Å². The molecule has 0 spiro atoms. The van der Waals surface area contributed by atoms with Gasteiger partial charge in [0.1, 0.15) is 17.8 Å². The van der Waals surface area contributed by atoms with Gasteiger partial charge < -0.3 is 14.6 Å². The molecule has 0 heterocycles. The van der Waals surface area contributed by atoms with E-state index in [0.29, 0.717) is 29.9 Å². The van der Waals surface area contributed by atoms with Crippen LogP contribution < -0.4 is 0 Å². The van der Waals surface area contributed by atoms with Gasteiger partial charge in [-0.05, 0) is 73.3 Å². The van der Waals surface area contributed by atoms with E-state index in [4.69, 9.17) is 9.47 Å². The Balaban J connectivity index is 2.00. The SMILES string of the molecule is C=C1CC[C@H]2[C@@H](/C=C(\C)C(=O)[C@@]3(O)C[C@H](C)[C@H](OC(=O)CCCCC)[C@@H]3[C@H]1OC(=O)CCCCC)C2(C)C. The zero-order valence-corrected chi connectivity index (χ0v) is 24.5. The number of carbonyl (C=O) groups is 3. The van der Waals surface area contributed by atoms with E-state index < -0.39 is 23.7 Å². The van der Waals surface area contributed by atoms with E-state index in [1.165, 1.54) is 0 Å². The Morgan fingerprint density at radius 1 is 1.05 bits per heavy atom. The minimum Gasteiger partial charge on any atom is -0.461 e. The second kappa shape index (κ2) is 12.5. The highest BCUT2D eigenvalue weighted by atomic mass is 16.6. The molecular formula is C32H50O6. The summed E-state index contributed by atoms with van der Waals surface area (Å²) in [4.78, 5) is 39.8. The van der Waals surface area contributed by atoms with Crippen molar-refractivity contribution in [3.05, 3.63) is 23.8 Å². The Hall–Kier alpha value is -1.95. The van der Waals surface area contributed by atoms with E-state index in [0.717, 1.165) is 38.5 Å². The monoisotopic (exact) mass is 530 g/mol. The van der Waals surface area contributed by atoms with Crippen molar-refractivity contribution in [2.24, 2.45) is 29.1 Å². The van der Waals surface area contributed by atoms with Gasteiger partial charge in [-0.15, -0.1) is 0 Å². The van der Waals surface area contributed by atoms with Crippen LogP contribution in [0.1, 0.15) is 112 Å². The van der Waals surface area contributed by atoms with Crippen molar-refractivity contribution in [2.75, 3.05) is 0 Å². The Morgan fingerprint density at radius 2 is 1.63 bits per heavy atom. The van der Waals surface area contributed by atoms with Crippen LogP contribution in [-0.2, 0) is 23.9 Å². The summed E-state index contributed by atoms with van der Waals surface area (Å²) in [5.41, 5.74) is -0.535. The summed E-state index contributed by atoms with van der Waals surface area (Å²) < 4.78 is 12.1. The second-order valence-corrected chi connectivity index (χ2v) is 12.7. The van der Waals surface area contributed by atoms with Gasteiger partial charge in [0, 0.05) is 12.8 Å². The lowest BCUT2D eigenvalue weighted by Crippen LogP contribution is -2.52. The van der Waals surface area contributed by atoms with Gasteiger partial charge in [0.15, 0.2) is 5.78 Å². The van der Waals surface area contributed by atoms with Crippen LogP contribution in [0.2, 0.25) is 0 Å². The molecule has 38 heavy (non-hydrogen) atoms. The molecule has 0 bridgehead atoms. The number of rotatable bonds is 10. The third-order valence-electron chi connectivity index (χ3n) is 9.42. The summed E-state index contributed by atoms with van der Waals surface area (Å²) in [6.07, 6.45) is 7.83. The van der Waals surface area contributed by atoms with Crippen molar-refractivity contribution in [3.63, 3.8) is 0 Å². The smallest absolute Gasteiger partial charge is 0.306 e. The first-order valence-electron chi connectivity index (χ1n) is 14.9. The molecular weight excluding hydrogens is 480 g/mol. The molecule has 0 aromatic carbocycles. The Bertz CT molecular complexity index is 932. The largest absolute Gasteiger partial charge is 0.461 e. The van der Waals surface area contributed by atoms with Crippen molar-refractivity contribution < 1.29 is 29.0 Å². The number of Topliss-reactive ketones (excluding diaryl/α,β-unsaturated/α-hetero) is 1. The van der Waals surface area contributed by atoms with Crippen LogP contribution in [0.5, 0.6) is 0 Å². The van der Waals surface area contributed by atoms with Gasteiger partial charge >= 0.3 is 11.9 Å². The van der Waals surface area contributed by atoms with Gasteiger partial charge in [-0.3, -0.25) is 14.4 Å². The molecule has 3 rings (SSSR count). The average Bonchev–Trinajstić information content (AvgIpc) is 3.26. The summed E-state index contributed by atoms with van der Waals surface area (Å²) in [5, 5.41) is 12.2. The quantitative estimate of drug-likeness (QED) is 0.197. The molecule has 6 nitrogen and oxygen atoms in total. The fourth-order valence-electron chi connectivity index (χ4n) is 6.92. The molecule has 7 atom stereocenters. The highest BCUT2D eigenvalue weighted by Crippen LogP contribution is 2.62. The molecule has 2 saturated carbocycles. The lowest BCUT2D eigenvalue weighted by atomic mass is 9.77. The summed E-state index contributed by atoms with van der Waals surface area (Å²) in [5.74, 6) is -1.59. The van der Waals surface area contributed by atoms with E-state index in [1.54, 1.807) is 6.92 Å². The molecule has 0 radical (unpaired) electrons. The maximum absolute atomic E-state index is 14.0. The second-order valence-electron chi connectivity index (χ2n) is 12.7. The Morgan fingerprint density at radius 3 is 2.21 bits per heavy atom. The summed E-state index contributed by atoms with van der Waals surface area (Å²) in [7, 11) is 0. The molecule has 1 N–H and O–H groups in total. The molecule has 0 aromatic rings. The number of hydrogen-bond donors (Lipinski definition) is 1. The summed E-state index contributed by atoms with van der Waals surface area (Å²) in [6, 6.07) is 0. The van der Waals surface area contributed by atoms with Crippen LogP contribution in [0.4, 0.5) is 0 Å². The first-order valence-corrected chi connectivity index (χ1v) is 14.9. The first kappa shape index (κ1) is 30.6. The van der Waals surface area contributed by atoms with E-state index in [1.807, 2.05) is 13.0 Å². The Kier molecular flexibility index (Phi) is 10.1. The number of hydrogen-bond acceptors (Lipinski definition) is 6. The van der Waals surface area contributed by atoms with Gasteiger partial charge in [-0.25, -0.2) is 0 Å². The third kappa shape index (κ3) is 6.43. The van der Waals surface area contributed by atoms with Crippen LogP contribution in [0, 0.1) is 29.1 Å². The van der Waals surface area contributed by atoms with Crippen molar-refractivity contribution in [2.45, 2.75) is 130 Å². The minimum atomic E-state index is -1.81. The number of allylic oxidation sites excluding steroid dienone is 1. The number of ether oxygens (including phenoxy) is 2. The van der Waals surface area contributed by atoms with E-state index >= 15 is 0 Å². The predicted molar refractivity (Wildman–Crippen MR) is 148 cm³/mol. The summed E-state index contributed by atoms with van der Waals surface area (Å²) >= 11 is 0. The molecule has 3 aliphatic carbocycles. The number of carbonyl (C=O) groups excluding carboxylic acids is 3. The van der Waals surface area contributed by atoms with Crippen LogP contribution in [0.15, 0.2) is 23.8 Å². The number of aliphatic hydroxyl groups is 1. The highest BCUT2D eigenvalue weighted by molar-refractivity contribution is 6.02. The molecule has 3 aliphatic rings. The normalized spacial score (nSPS) is 35.8. The number of esters is 2. The Labute approximate surface area is 229 Å². The fraction of sp³-hybridized carbons (Fsp3) is 0.781. The molecule has 214 valence electrons. The van der Waals surface area contributed by atoms with Gasteiger partial charge in [-0.2, -0.15) is 0 Å². The van der Waals surface area contributed by atoms with Crippen LogP contribution in [0.25, 0.3) is 0 Å². The van der Waals surface area contributed by atoms with Crippen molar-refractivity contribution in [1.82, 2.24) is 0 Å². The lowest BCUT2D eigenvalue weighted by molar-refractivity contribution is -0.171. The maximum atomic E-state index is 14.0. The fourth-order valence-corrected chi connectivity index (χ4v) is 6.92. The predicted octanol–water partition coefficient (Wildman–Crippen LogP) is 6.50. The first-order chi connectivity index (χ1) is 17.9. The van der Waals surface area contributed by atoms with Crippen LogP contribution in [0.3, 0.4) is 0 Å². The summed E-state index contributed by atoms with van der Waals surface area (Å²) in [6.45, 7) is 16.6. The standard InChI is InChI=1S/C32H50O6/c1-8-10-12-14-25(33)37-28-20(3)16-17-23-24(31(23,6)7)18-21(4)30(35)32(36)19-22(5)29(27(28)32)38-26(34)15-13-11-9-2/h18,22-24,27-29,36H,3,8-17,19H2,1-2,4-7H3/b21-18+/t22-,23-,24+,27-,28-,29-,32+/m0/s1. The van der Waals surface area contributed by atoms with Gasteiger partial charge in [0.05, 0.1) is 5.92 Å². The van der Waals surface area contributed by atoms with Gasteiger partial charge in [0.2, 0.25) is 0 Å². The molecule has 0 unspecified atom stereocenters. The molecule has 0 aromatic heterocycles.